The zero-order valence-electron chi connectivity index (χ0n) is 16.3. The van der Waals surface area contributed by atoms with Gasteiger partial charge in [-0.1, -0.05) is 26.3 Å². The number of aliphatic hydroxyl groups excluding tert-OH is 1. The number of rotatable bonds is 1. The quantitative estimate of drug-likeness (QED) is 0.766. The number of halogens is 1. The van der Waals surface area contributed by atoms with Crippen molar-refractivity contribution in [1.82, 2.24) is 0 Å². The summed E-state index contributed by atoms with van der Waals surface area (Å²) >= 11 is 0. The maximum Gasteiger partial charge on any atom is 0.155 e. The van der Waals surface area contributed by atoms with E-state index < -0.39 is 17.2 Å². The van der Waals surface area contributed by atoms with Crippen LogP contribution in [-0.4, -0.2) is 28.4 Å². The first-order valence-electron chi connectivity index (χ1n) is 10.2. The molecule has 4 heteroatoms. The van der Waals surface area contributed by atoms with Crippen molar-refractivity contribution >= 4 is 11.6 Å². The highest BCUT2D eigenvalue weighted by Crippen LogP contribution is 2.70. The molecule has 0 aromatic rings. The van der Waals surface area contributed by atoms with E-state index in [0.717, 1.165) is 18.4 Å². The Labute approximate surface area is 155 Å². The first kappa shape index (κ1) is 18.3. The first-order chi connectivity index (χ1) is 12.1. The van der Waals surface area contributed by atoms with Crippen LogP contribution in [0.5, 0.6) is 0 Å². The number of fused-ring (bicyclic) bond motifs is 5. The third-order valence-electron chi connectivity index (χ3n) is 8.82. The molecule has 0 spiro atoms. The summed E-state index contributed by atoms with van der Waals surface area (Å²) in [5.74, 6) is 0.279. The molecule has 0 unspecified atom stereocenters. The van der Waals surface area contributed by atoms with Crippen molar-refractivity contribution in [2.45, 2.75) is 78.0 Å². The molecular weight excluding hydrogens is 331 g/mol. The lowest BCUT2D eigenvalue weighted by Gasteiger charge is -2.62. The fraction of sp³-hybridized carbons (Fsp3) is 0.818. The monoisotopic (exact) mass is 362 g/mol. The zero-order chi connectivity index (χ0) is 19.1. The van der Waals surface area contributed by atoms with Gasteiger partial charge in [-0.3, -0.25) is 9.59 Å². The second-order valence-corrected chi connectivity index (χ2v) is 10.0. The summed E-state index contributed by atoms with van der Waals surface area (Å²) in [4.78, 5) is 24.3. The van der Waals surface area contributed by atoms with E-state index in [1.807, 2.05) is 6.92 Å². The third-order valence-corrected chi connectivity index (χ3v) is 8.82. The highest BCUT2D eigenvalue weighted by atomic mass is 19.1. The van der Waals surface area contributed by atoms with Gasteiger partial charge in [0.15, 0.2) is 5.78 Å². The number of ketones is 2. The van der Waals surface area contributed by atoms with Crippen LogP contribution in [0.25, 0.3) is 0 Å². The molecule has 0 bridgehead atoms. The van der Waals surface area contributed by atoms with Gasteiger partial charge in [-0.2, -0.15) is 0 Å². The molecule has 3 saturated carbocycles. The van der Waals surface area contributed by atoms with Gasteiger partial charge in [0.05, 0.1) is 6.10 Å². The van der Waals surface area contributed by atoms with E-state index in [1.54, 1.807) is 13.0 Å². The number of carbonyl (C=O) groups excluding carboxylic acids is 2. The molecule has 0 heterocycles. The highest BCUT2D eigenvalue weighted by Gasteiger charge is 2.71. The average Bonchev–Trinajstić information content (AvgIpc) is 2.80. The summed E-state index contributed by atoms with van der Waals surface area (Å²) in [5, 5.41) is 11.1. The van der Waals surface area contributed by atoms with Crippen molar-refractivity contribution in [3.05, 3.63) is 11.6 Å². The van der Waals surface area contributed by atoms with Gasteiger partial charge in [0.2, 0.25) is 0 Å². The second-order valence-electron chi connectivity index (χ2n) is 10.0. The lowest BCUT2D eigenvalue weighted by molar-refractivity contribution is -0.208. The Bertz CT molecular complexity index is 700. The van der Waals surface area contributed by atoms with Gasteiger partial charge in [-0.05, 0) is 62.4 Å². The van der Waals surface area contributed by atoms with Crippen LogP contribution in [0.1, 0.15) is 66.2 Å². The van der Waals surface area contributed by atoms with E-state index in [0.29, 0.717) is 25.7 Å². The van der Waals surface area contributed by atoms with Gasteiger partial charge in [0, 0.05) is 23.7 Å². The molecule has 0 saturated heterocycles. The predicted molar refractivity (Wildman–Crippen MR) is 97.2 cm³/mol. The largest absolute Gasteiger partial charge is 0.390 e. The van der Waals surface area contributed by atoms with Gasteiger partial charge in [0.25, 0.3) is 0 Å². The van der Waals surface area contributed by atoms with Crippen molar-refractivity contribution in [2.75, 3.05) is 0 Å². The Morgan fingerprint density at radius 3 is 2.62 bits per heavy atom. The van der Waals surface area contributed by atoms with Crippen LogP contribution in [0.3, 0.4) is 0 Å². The minimum atomic E-state index is -1.70. The summed E-state index contributed by atoms with van der Waals surface area (Å²) in [7, 11) is 0. The molecule has 4 aliphatic rings. The molecule has 0 amide bonds. The van der Waals surface area contributed by atoms with Crippen molar-refractivity contribution in [3.8, 4) is 0 Å². The lowest BCUT2D eigenvalue weighted by atomic mass is 9.44. The second kappa shape index (κ2) is 5.50. The van der Waals surface area contributed by atoms with E-state index in [2.05, 4.69) is 13.8 Å². The maximum absolute atomic E-state index is 16.8. The van der Waals surface area contributed by atoms with Crippen LogP contribution in [0.2, 0.25) is 0 Å². The molecule has 0 aliphatic heterocycles. The normalized spacial score (nSPS) is 53.4. The topological polar surface area (TPSA) is 54.4 Å². The van der Waals surface area contributed by atoms with Crippen LogP contribution >= 0.6 is 0 Å². The van der Waals surface area contributed by atoms with Crippen LogP contribution in [0.4, 0.5) is 4.39 Å². The van der Waals surface area contributed by atoms with E-state index in [-0.39, 0.29) is 40.7 Å². The molecule has 8 atom stereocenters. The van der Waals surface area contributed by atoms with Crippen LogP contribution < -0.4 is 0 Å². The summed E-state index contributed by atoms with van der Waals surface area (Å²) < 4.78 is 16.8. The molecule has 0 aromatic carbocycles. The SMILES string of the molecule is CC(=O)[C@H]1[C@H](C)C[C@H]2[C@@H]3CCC4=CC(=O)CC[C@]4(C)[C@@]3(F)[C@@H](O)C[C@@]21C. The van der Waals surface area contributed by atoms with E-state index >= 15 is 4.39 Å². The maximum atomic E-state index is 16.8. The zero-order valence-corrected chi connectivity index (χ0v) is 16.3. The Morgan fingerprint density at radius 1 is 1.27 bits per heavy atom. The van der Waals surface area contributed by atoms with Crippen molar-refractivity contribution in [2.24, 2.45) is 34.5 Å². The summed E-state index contributed by atoms with van der Waals surface area (Å²) in [6.45, 7) is 7.78. The summed E-state index contributed by atoms with van der Waals surface area (Å²) in [6, 6.07) is 0. The molecule has 26 heavy (non-hydrogen) atoms. The number of Topliss-reactive ketones (excluding diaryl/α,β-unsaturated/α-hetero) is 1. The van der Waals surface area contributed by atoms with Crippen LogP contribution in [0, 0.1) is 34.5 Å². The summed E-state index contributed by atoms with van der Waals surface area (Å²) in [5.41, 5.74) is -1.90. The van der Waals surface area contributed by atoms with Crippen molar-refractivity contribution in [3.63, 3.8) is 0 Å². The van der Waals surface area contributed by atoms with Gasteiger partial charge in [-0.15, -0.1) is 0 Å². The van der Waals surface area contributed by atoms with Crippen LogP contribution in [0.15, 0.2) is 11.6 Å². The fourth-order valence-corrected chi connectivity index (χ4v) is 7.80. The number of allylic oxidation sites excluding steroid dienone is 1. The molecule has 3 fully saturated rings. The Kier molecular flexibility index (Phi) is 3.88. The number of hydrogen-bond acceptors (Lipinski definition) is 3. The molecule has 4 aliphatic carbocycles. The lowest BCUT2D eigenvalue weighted by Crippen LogP contribution is -2.67. The molecule has 4 rings (SSSR count). The number of alkyl halides is 1. The highest BCUT2D eigenvalue weighted by molar-refractivity contribution is 5.91. The standard InChI is InChI=1S/C22H31FO3/c1-12-9-17-16-6-5-14-10-15(25)7-8-21(14,4)22(16,23)18(26)11-20(17,3)19(12)13(2)24/h10,12,16-19,26H,5-9,11H2,1-4H3/t12-,16+,17+,18+,19-,20+,21+,22+/m1/s1. The molecule has 0 radical (unpaired) electrons. The van der Waals surface area contributed by atoms with E-state index in [9.17, 15) is 14.7 Å². The minimum absolute atomic E-state index is 0.0841. The number of carbonyl (C=O) groups is 2. The Morgan fingerprint density at radius 2 is 1.96 bits per heavy atom. The average molecular weight is 362 g/mol. The fourth-order valence-electron chi connectivity index (χ4n) is 7.80. The first-order valence-corrected chi connectivity index (χ1v) is 10.2. The molecule has 1 N–H and O–H groups in total. The third kappa shape index (κ3) is 2.03. The summed E-state index contributed by atoms with van der Waals surface area (Å²) in [6.07, 6.45) is 4.01. The van der Waals surface area contributed by atoms with Gasteiger partial charge < -0.3 is 5.11 Å². The molecule has 3 nitrogen and oxygen atoms in total. The van der Waals surface area contributed by atoms with Gasteiger partial charge >= 0.3 is 0 Å². The Balaban J connectivity index is 1.81. The van der Waals surface area contributed by atoms with Gasteiger partial charge in [-0.25, -0.2) is 4.39 Å². The Hall–Kier alpha value is -1.03. The molecular formula is C22H31FO3. The number of hydrogen-bond donors (Lipinski definition) is 1. The predicted octanol–water partition coefficient (Wildman–Crippen LogP) is 4.03. The smallest absolute Gasteiger partial charge is 0.155 e. The van der Waals surface area contributed by atoms with Gasteiger partial charge in [0.1, 0.15) is 11.5 Å². The molecule has 0 aromatic heterocycles. The minimum Gasteiger partial charge on any atom is -0.390 e. The molecule has 144 valence electrons. The number of aliphatic hydroxyl groups is 1. The van der Waals surface area contributed by atoms with E-state index in [1.165, 1.54) is 0 Å². The van der Waals surface area contributed by atoms with Crippen molar-refractivity contribution < 1.29 is 19.1 Å². The van der Waals surface area contributed by atoms with E-state index in [4.69, 9.17) is 0 Å². The van der Waals surface area contributed by atoms with Crippen LogP contribution in [-0.2, 0) is 9.59 Å². The van der Waals surface area contributed by atoms with Crippen molar-refractivity contribution in [1.29, 1.82) is 0 Å².